The molecule has 0 fully saturated rings. The van der Waals surface area contributed by atoms with E-state index < -0.39 is 0 Å². The minimum absolute atomic E-state index is 0.222. The summed E-state index contributed by atoms with van der Waals surface area (Å²) >= 11 is 5.89. The zero-order valence-corrected chi connectivity index (χ0v) is 16.9. The lowest BCUT2D eigenvalue weighted by molar-refractivity contribution is 0.102. The third-order valence-corrected chi connectivity index (χ3v) is 4.70. The molecule has 3 aromatic rings. The standard InChI is InChI=1S/C22H23ClN4O/c1-14(2)19-6-4-5-15(3)20(19)27-21(28)17-12-25-22(26-13-17)24-11-16-7-9-18(23)10-8-16/h4-10,12-14H,11H2,1-3H3,(H,27,28)(H,24,25,26). The number of rotatable bonds is 6. The second-order valence-corrected chi connectivity index (χ2v) is 7.36. The Morgan fingerprint density at radius 2 is 1.75 bits per heavy atom. The molecule has 0 spiro atoms. The summed E-state index contributed by atoms with van der Waals surface area (Å²) in [5, 5.41) is 6.84. The molecule has 5 nitrogen and oxygen atoms in total. The molecule has 0 atom stereocenters. The topological polar surface area (TPSA) is 66.9 Å². The largest absolute Gasteiger partial charge is 0.350 e. The van der Waals surface area contributed by atoms with E-state index in [9.17, 15) is 4.79 Å². The maximum Gasteiger partial charge on any atom is 0.258 e. The van der Waals surface area contributed by atoms with Crippen molar-refractivity contribution in [2.24, 2.45) is 0 Å². The Bertz CT molecular complexity index is 953. The van der Waals surface area contributed by atoms with Crippen molar-refractivity contribution in [1.82, 2.24) is 9.97 Å². The van der Waals surface area contributed by atoms with Gasteiger partial charge in [-0.2, -0.15) is 0 Å². The van der Waals surface area contributed by atoms with Crippen LogP contribution in [0.3, 0.4) is 0 Å². The molecule has 1 heterocycles. The minimum atomic E-state index is -0.222. The van der Waals surface area contributed by atoms with Crippen LogP contribution in [0.5, 0.6) is 0 Å². The van der Waals surface area contributed by atoms with Crippen molar-refractivity contribution in [1.29, 1.82) is 0 Å². The van der Waals surface area contributed by atoms with Gasteiger partial charge in [-0.15, -0.1) is 0 Å². The van der Waals surface area contributed by atoms with Gasteiger partial charge in [-0.25, -0.2) is 9.97 Å². The van der Waals surface area contributed by atoms with Gasteiger partial charge in [-0.1, -0.05) is 55.8 Å². The number of nitrogens with one attached hydrogen (secondary N) is 2. The lowest BCUT2D eigenvalue weighted by atomic mass is 9.98. The molecule has 0 aliphatic rings. The normalized spacial score (nSPS) is 10.8. The van der Waals surface area contributed by atoms with Crippen LogP contribution in [-0.4, -0.2) is 15.9 Å². The van der Waals surface area contributed by atoms with Gasteiger partial charge in [-0.05, 0) is 41.7 Å². The molecule has 28 heavy (non-hydrogen) atoms. The molecule has 0 aliphatic heterocycles. The summed E-state index contributed by atoms with van der Waals surface area (Å²) in [6, 6.07) is 13.6. The number of hydrogen-bond acceptors (Lipinski definition) is 4. The van der Waals surface area contributed by atoms with E-state index in [1.165, 1.54) is 12.4 Å². The van der Waals surface area contributed by atoms with Gasteiger partial charge in [0.05, 0.1) is 5.56 Å². The summed E-state index contributed by atoms with van der Waals surface area (Å²) in [5.41, 5.74) is 4.47. The summed E-state index contributed by atoms with van der Waals surface area (Å²) in [5.74, 6) is 0.552. The fraction of sp³-hybridized carbons (Fsp3) is 0.227. The van der Waals surface area contributed by atoms with Crippen LogP contribution in [0.2, 0.25) is 5.02 Å². The highest BCUT2D eigenvalue weighted by Crippen LogP contribution is 2.27. The molecule has 0 saturated carbocycles. The monoisotopic (exact) mass is 394 g/mol. The highest BCUT2D eigenvalue weighted by atomic mass is 35.5. The van der Waals surface area contributed by atoms with Crippen molar-refractivity contribution < 1.29 is 4.79 Å². The van der Waals surface area contributed by atoms with Gasteiger partial charge in [0.15, 0.2) is 0 Å². The highest BCUT2D eigenvalue weighted by molar-refractivity contribution is 6.30. The maximum atomic E-state index is 12.6. The van der Waals surface area contributed by atoms with Gasteiger partial charge >= 0.3 is 0 Å². The number of aromatic nitrogens is 2. The number of anilines is 2. The molecule has 1 amide bonds. The number of benzene rings is 2. The lowest BCUT2D eigenvalue weighted by Gasteiger charge is -2.16. The Labute approximate surface area is 170 Å². The Morgan fingerprint density at radius 1 is 1.07 bits per heavy atom. The van der Waals surface area contributed by atoms with Crippen molar-refractivity contribution in [2.75, 3.05) is 10.6 Å². The van der Waals surface area contributed by atoms with E-state index in [1.807, 2.05) is 49.4 Å². The Balaban J connectivity index is 1.66. The molecular weight excluding hydrogens is 372 g/mol. The molecule has 144 valence electrons. The van der Waals surface area contributed by atoms with Gasteiger partial charge in [0.1, 0.15) is 0 Å². The zero-order valence-electron chi connectivity index (χ0n) is 16.2. The van der Waals surface area contributed by atoms with Crippen molar-refractivity contribution in [2.45, 2.75) is 33.2 Å². The summed E-state index contributed by atoms with van der Waals surface area (Å²) in [4.78, 5) is 21.1. The first kappa shape index (κ1) is 19.8. The average Bonchev–Trinajstić information content (AvgIpc) is 2.69. The molecule has 3 rings (SSSR count). The van der Waals surface area contributed by atoms with Crippen LogP contribution in [0, 0.1) is 6.92 Å². The maximum absolute atomic E-state index is 12.6. The van der Waals surface area contributed by atoms with Gasteiger partial charge in [0, 0.05) is 29.6 Å². The van der Waals surface area contributed by atoms with E-state index in [0.717, 1.165) is 22.4 Å². The first-order valence-corrected chi connectivity index (χ1v) is 9.53. The number of hydrogen-bond donors (Lipinski definition) is 2. The van der Waals surface area contributed by atoms with Crippen LogP contribution in [0.1, 0.15) is 46.8 Å². The summed E-state index contributed by atoms with van der Waals surface area (Å²) in [6.07, 6.45) is 3.06. The van der Waals surface area contributed by atoms with E-state index in [0.29, 0.717) is 29.0 Å². The van der Waals surface area contributed by atoms with Crippen molar-refractivity contribution in [3.8, 4) is 0 Å². The number of halogens is 1. The first-order chi connectivity index (χ1) is 13.4. The quantitative estimate of drug-likeness (QED) is 0.585. The molecular formula is C22H23ClN4O. The predicted molar refractivity (Wildman–Crippen MR) is 114 cm³/mol. The molecule has 0 unspecified atom stereocenters. The summed E-state index contributed by atoms with van der Waals surface area (Å²) in [7, 11) is 0. The van der Waals surface area contributed by atoms with Crippen LogP contribution >= 0.6 is 11.6 Å². The Hall–Kier alpha value is -2.92. The molecule has 0 saturated heterocycles. The first-order valence-electron chi connectivity index (χ1n) is 9.15. The number of amides is 1. The molecule has 0 aliphatic carbocycles. The molecule has 0 radical (unpaired) electrons. The molecule has 6 heteroatoms. The summed E-state index contributed by atoms with van der Waals surface area (Å²) in [6.45, 7) is 6.77. The van der Waals surface area contributed by atoms with E-state index in [4.69, 9.17) is 11.6 Å². The van der Waals surface area contributed by atoms with Gasteiger partial charge < -0.3 is 10.6 Å². The van der Waals surface area contributed by atoms with Crippen LogP contribution in [0.15, 0.2) is 54.9 Å². The van der Waals surface area contributed by atoms with E-state index in [-0.39, 0.29) is 5.91 Å². The molecule has 0 bridgehead atoms. The van der Waals surface area contributed by atoms with Gasteiger partial charge in [-0.3, -0.25) is 4.79 Å². The number of para-hydroxylation sites is 1. The van der Waals surface area contributed by atoms with Crippen LogP contribution in [0.4, 0.5) is 11.6 Å². The second-order valence-electron chi connectivity index (χ2n) is 6.92. The Morgan fingerprint density at radius 3 is 2.39 bits per heavy atom. The minimum Gasteiger partial charge on any atom is -0.350 e. The zero-order chi connectivity index (χ0) is 20.1. The molecule has 1 aromatic heterocycles. The Kier molecular flexibility index (Phi) is 6.26. The smallest absolute Gasteiger partial charge is 0.258 e. The second kappa shape index (κ2) is 8.85. The third kappa shape index (κ3) is 4.87. The van der Waals surface area contributed by atoms with Gasteiger partial charge in [0.25, 0.3) is 5.91 Å². The van der Waals surface area contributed by atoms with E-state index >= 15 is 0 Å². The highest BCUT2D eigenvalue weighted by Gasteiger charge is 2.14. The fourth-order valence-corrected chi connectivity index (χ4v) is 2.97. The van der Waals surface area contributed by atoms with Crippen LogP contribution in [-0.2, 0) is 6.54 Å². The number of carbonyl (C=O) groups is 1. The summed E-state index contributed by atoms with van der Waals surface area (Å²) < 4.78 is 0. The lowest BCUT2D eigenvalue weighted by Crippen LogP contribution is -2.16. The van der Waals surface area contributed by atoms with E-state index in [2.05, 4.69) is 34.4 Å². The van der Waals surface area contributed by atoms with Crippen LogP contribution in [0.25, 0.3) is 0 Å². The van der Waals surface area contributed by atoms with Crippen LogP contribution < -0.4 is 10.6 Å². The molecule has 2 N–H and O–H groups in total. The van der Waals surface area contributed by atoms with Crippen molar-refractivity contribution in [3.05, 3.63) is 82.1 Å². The molecule has 2 aromatic carbocycles. The number of nitrogens with zero attached hydrogens (tertiary/aromatic N) is 2. The van der Waals surface area contributed by atoms with Crippen molar-refractivity contribution >= 4 is 29.1 Å². The van der Waals surface area contributed by atoms with E-state index in [1.54, 1.807) is 0 Å². The van der Waals surface area contributed by atoms with Gasteiger partial charge in [0.2, 0.25) is 5.95 Å². The SMILES string of the molecule is Cc1cccc(C(C)C)c1NC(=O)c1cnc(NCc2ccc(Cl)cc2)nc1. The average molecular weight is 395 g/mol. The number of carbonyl (C=O) groups excluding carboxylic acids is 1. The number of aryl methyl sites for hydroxylation is 1. The third-order valence-electron chi connectivity index (χ3n) is 4.44. The predicted octanol–water partition coefficient (Wildman–Crippen LogP) is 5.43. The fourth-order valence-electron chi connectivity index (χ4n) is 2.85. The van der Waals surface area contributed by atoms with Crippen molar-refractivity contribution in [3.63, 3.8) is 0 Å².